The van der Waals surface area contributed by atoms with Gasteiger partial charge in [-0.2, -0.15) is 0 Å². The third-order valence-corrected chi connectivity index (χ3v) is 21.4. The predicted molar refractivity (Wildman–Crippen MR) is 192 cm³/mol. The van der Waals surface area contributed by atoms with Crippen LogP contribution in [0.5, 0.6) is 5.75 Å². The van der Waals surface area contributed by atoms with Crippen LogP contribution in [0, 0.1) is 5.92 Å². The highest BCUT2D eigenvalue weighted by molar-refractivity contribution is 6.91. The summed E-state index contributed by atoms with van der Waals surface area (Å²) in [7, 11) is -2.30. The zero-order valence-electron chi connectivity index (χ0n) is 30.2. The fourth-order valence-corrected chi connectivity index (χ4v) is 9.93. The summed E-state index contributed by atoms with van der Waals surface area (Å²) in [5.41, 5.74) is 5.21. The van der Waals surface area contributed by atoms with Crippen molar-refractivity contribution in [3.05, 3.63) is 58.9 Å². The molecule has 0 amide bonds. The van der Waals surface area contributed by atoms with Gasteiger partial charge in [-0.15, -0.1) is 0 Å². The summed E-state index contributed by atoms with van der Waals surface area (Å²) < 4.78 is 24.9. The lowest BCUT2D eigenvalue weighted by molar-refractivity contribution is 0.0112. The van der Waals surface area contributed by atoms with Crippen LogP contribution < -0.4 is 10.1 Å². The molecule has 0 saturated heterocycles. The third kappa shape index (κ3) is 8.26. The Morgan fingerprint density at radius 2 is 1.56 bits per heavy atom. The van der Waals surface area contributed by atoms with Crippen LogP contribution in [0.3, 0.4) is 0 Å². The summed E-state index contributed by atoms with van der Waals surface area (Å²) in [6.45, 7) is 25.0. The molecule has 0 unspecified atom stereocenters. The van der Waals surface area contributed by atoms with Crippen LogP contribution in [0.25, 0.3) is 0 Å². The van der Waals surface area contributed by atoms with Crippen LogP contribution in [0.15, 0.2) is 46.6 Å². The van der Waals surface area contributed by atoms with E-state index in [1.54, 1.807) is 7.11 Å². The summed E-state index contributed by atoms with van der Waals surface area (Å²) in [4.78, 5) is 0. The van der Waals surface area contributed by atoms with Crippen molar-refractivity contribution >= 4 is 21.8 Å². The van der Waals surface area contributed by atoms with Crippen LogP contribution in [-0.2, 0) is 22.2 Å². The summed E-state index contributed by atoms with van der Waals surface area (Å²) in [6, 6.07) is 8.09. The molecule has 2 aromatic rings. The molecule has 2 aliphatic rings. The number of fused-ring (bicyclic) bond motifs is 4. The first-order valence-corrected chi connectivity index (χ1v) is 23.2. The molecule has 0 fully saturated rings. The van der Waals surface area contributed by atoms with Crippen molar-refractivity contribution in [2.24, 2.45) is 5.92 Å². The van der Waals surface area contributed by atoms with Crippen LogP contribution in [-0.4, -0.2) is 47.4 Å². The second kappa shape index (κ2) is 14.2. The first kappa shape index (κ1) is 36.2. The summed E-state index contributed by atoms with van der Waals surface area (Å²) >= 11 is 0. The molecule has 0 saturated carbocycles. The van der Waals surface area contributed by atoms with Crippen molar-refractivity contribution in [2.45, 2.75) is 147 Å². The Morgan fingerprint density at radius 3 is 2.18 bits per heavy atom. The number of benzene rings is 1. The molecule has 0 aliphatic heterocycles. The first-order valence-electron chi connectivity index (χ1n) is 17.3. The normalized spacial score (nSPS) is 22.5. The van der Waals surface area contributed by atoms with Gasteiger partial charge in [-0.25, -0.2) is 0 Å². The SMILES string of the molecule is COc1ccc(COCCCCCCC2=C[C@H]3c4coc([Si](C)(C)C(C)(C)C)c4C[C@@H](O[Si](C)(C)C(C)(C)C)[C@@H](C2)[C@H]3O)cc1. The molecule has 1 heterocycles. The highest BCUT2D eigenvalue weighted by atomic mass is 28.4. The Bertz CT molecular complexity index is 1280. The number of hydrogen-bond acceptors (Lipinski definition) is 5. The molecule has 7 heteroatoms. The minimum absolute atomic E-state index is 0.00249. The maximum atomic E-state index is 11.9. The average Bonchev–Trinajstić information content (AvgIpc) is 3.35. The molecular formula is C38H62O5Si2. The van der Waals surface area contributed by atoms with Gasteiger partial charge in [-0.3, -0.25) is 0 Å². The Kier molecular flexibility index (Phi) is 11.4. The minimum Gasteiger partial charge on any atom is -0.497 e. The molecule has 1 N–H and O–H groups in total. The van der Waals surface area contributed by atoms with E-state index in [-0.39, 0.29) is 28.0 Å². The Morgan fingerprint density at radius 1 is 0.889 bits per heavy atom. The van der Waals surface area contributed by atoms with Crippen molar-refractivity contribution < 1.29 is 23.4 Å². The predicted octanol–water partition coefficient (Wildman–Crippen LogP) is 9.51. The Labute approximate surface area is 276 Å². The molecule has 2 bridgehead atoms. The fourth-order valence-electron chi connectivity index (χ4n) is 6.53. The molecule has 0 spiro atoms. The van der Waals surface area contributed by atoms with Crippen LogP contribution in [0.4, 0.5) is 0 Å². The van der Waals surface area contributed by atoms with Gasteiger partial charge >= 0.3 is 0 Å². The molecule has 2 aliphatic carbocycles. The molecule has 4 rings (SSSR count). The van der Waals surface area contributed by atoms with E-state index >= 15 is 0 Å². The van der Waals surface area contributed by atoms with Gasteiger partial charge in [0, 0.05) is 30.4 Å². The van der Waals surface area contributed by atoms with E-state index in [1.165, 1.54) is 46.9 Å². The van der Waals surface area contributed by atoms with E-state index in [2.05, 4.69) is 85.9 Å². The number of ether oxygens (including phenoxy) is 2. The monoisotopic (exact) mass is 654 g/mol. The molecule has 5 nitrogen and oxygen atoms in total. The maximum absolute atomic E-state index is 11.9. The zero-order valence-corrected chi connectivity index (χ0v) is 32.2. The molecule has 1 aromatic carbocycles. The van der Waals surface area contributed by atoms with E-state index < -0.39 is 22.5 Å². The van der Waals surface area contributed by atoms with Crippen LogP contribution >= 0.6 is 0 Å². The molecular weight excluding hydrogens is 593 g/mol. The van der Waals surface area contributed by atoms with E-state index in [9.17, 15) is 5.11 Å². The summed E-state index contributed by atoms with van der Waals surface area (Å²) in [5, 5.41) is 13.4. The molecule has 252 valence electrons. The third-order valence-electron chi connectivity index (χ3n) is 11.5. The van der Waals surface area contributed by atoms with Gasteiger partial charge in [0.15, 0.2) is 8.32 Å². The largest absolute Gasteiger partial charge is 0.497 e. The number of unbranched alkanes of at least 4 members (excludes halogenated alkanes) is 3. The fraction of sp³-hybridized carbons (Fsp3) is 0.684. The van der Waals surface area contributed by atoms with Gasteiger partial charge < -0.3 is 23.4 Å². The smallest absolute Gasteiger partial charge is 0.192 e. The topological polar surface area (TPSA) is 61.1 Å². The first-order chi connectivity index (χ1) is 21.0. The number of aliphatic hydroxyl groups is 1. The summed E-state index contributed by atoms with van der Waals surface area (Å²) in [5.74, 6) is 0.964. The molecule has 1 aromatic heterocycles. The van der Waals surface area contributed by atoms with Gasteiger partial charge in [0.1, 0.15) is 13.8 Å². The number of hydrogen-bond donors (Lipinski definition) is 1. The van der Waals surface area contributed by atoms with Gasteiger partial charge in [-0.1, -0.05) is 91.3 Å². The molecule has 45 heavy (non-hydrogen) atoms. The van der Waals surface area contributed by atoms with Crippen molar-refractivity contribution in [1.82, 2.24) is 0 Å². The van der Waals surface area contributed by atoms with E-state index in [1.807, 2.05) is 18.4 Å². The molecule has 0 radical (unpaired) electrons. The zero-order chi connectivity index (χ0) is 33.2. The standard InChI is InChI=1S/C38H62O5Si2/c1-37(2,3)44(8,9)36-31-24-34(43-45(10,11)38(4,5)6)32-23-28(22-30(35(32)39)33(31)26-42-36)16-14-12-13-15-21-41-25-27-17-19-29(40-7)20-18-27/h17-20,22,26,30,32,34-35,39H,12-16,21,23-25H2,1-11H3/t30-,32+,34+,35-/m0/s1. The second-order valence-electron chi connectivity index (χ2n) is 16.8. The van der Waals surface area contributed by atoms with Crippen molar-refractivity contribution in [3.8, 4) is 5.75 Å². The lowest BCUT2D eigenvalue weighted by Crippen LogP contribution is -2.51. The lowest BCUT2D eigenvalue weighted by atomic mass is 9.75. The van der Waals surface area contributed by atoms with Crippen LogP contribution in [0.2, 0.25) is 36.3 Å². The maximum Gasteiger partial charge on any atom is 0.192 e. The van der Waals surface area contributed by atoms with Gasteiger partial charge in [0.05, 0.1) is 37.6 Å². The van der Waals surface area contributed by atoms with E-state index in [4.69, 9.17) is 18.3 Å². The van der Waals surface area contributed by atoms with Gasteiger partial charge in [-0.05, 0) is 72.1 Å². The number of aliphatic hydroxyl groups excluding tert-OH is 1. The van der Waals surface area contributed by atoms with E-state index in [0.717, 1.165) is 38.0 Å². The Balaban J connectivity index is 1.44. The Hall–Kier alpha value is -1.65. The highest BCUT2D eigenvalue weighted by Crippen LogP contribution is 2.48. The van der Waals surface area contributed by atoms with Gasteiger partial charge in [0.25, 0.3) is 0 Å². The van der Waals surface area contributed by atoms with Crippen molar-refractivity contribution in [2.75, 3.05) is 13.7 Å². The average molecular weight is 655 g/mol. The van der Waals surface area contributed by atoms with Crippen molar-refractivity contribution in [3.63, 3.8) is 0 Å². The minimum atomic E-state index is -2.06. The molecule has 4 atom stereocenters. The number of furan rings is 1. The van der Waals surface area contributed by atoms with Gasteiger partial charge in [0.2, 0.25) is 0 Å². The van der Waals surface area contributed by atoms with Crippen LogP contribution in [0.1, 0.15) is 103 Å². The summed E-state index contributed by atoms with van der Waals surface area (Å²) in [6.07, 6.45) is 11.4. The second-order valence-corrected chi connectivity index (χ2v) is 26.7. The van der Waals surface area contributed by atoms with Crippen molar-refractivity contribution in [1.29, 1.82) is 0 Å². The number of rotatable bonds is 13. The quantitative estimate of drug-likeness (QED) is 0.132. The number of allylic oxidation sites excluding steroid dienone is 1. The van der Waals surface area contributed by atoms with E-state index in [0.29, 0.717) is 6.61 Å². The highest BCUT2D eigenvalue weighted by Gasteiger charge is 2.50. The lowest BCUT2D eigenvalue weighted by Gasteiger charge is -2.43. The number of methoxy groups -OCH3 is 1.